The molecular weight excluding hydrogens is 672 g/mol. The molecule has 12 bridgehead atoms. The van der Waals surface area contributed by atoms with Crippen LogP contribution in [0.5, 0.6) is 0 Å². The number of Topliss-reactive ketones (excluding diaryl/α,β-unsaturated/α-hetero) is 1. The van der Waals surface area contributed by atoms with Crippen molar-refractivity contribution >= 4 is 5.78 Å². The Morgan fingerprint density at radius 2 is 1.63 bits per heavy atom. The van der Waals surface area contributed by atoms with Crippen LogP contribution in [-0.4, -0.2) is 132 Å². The van der Waals surface area contributed by atoms with E-state index in [0.717, 1.165) is 36.8 Å². The third-order valence-electron chi connectivity index (χ3n) is 14.2. The van der Waals surface area contributed by atoms with Crippen molar-refractivity contribution in [3.05, 3.63) is 24.3 Å². The topological polar surface area (TPSA) is 152 Å². The Kier molecular flexibility index (Phi) is 9.80. The van der Waals surface area contributed by atoms with Crippen LogP contribution in [0.4, 0.5) is 0 Å². The molecule has 12 heteroatoms. The average Bonchev–Trinajstić information content (AvgIpc) is 3.34. The van der Waals surface area contributed by atoms with Crippen LogP contribution in [0, 0.1) is 23.7 Å². The largest absolute Gasteiger partial charge is 0.394 e. The third-order valence-corrected chi connectivity index (χ3v) is 14.2. The Balaban J connectivity index is 0.993. The molecule has 290 valence electrons. The van der Waals surface area contributed by atoms with Gasteiger partial charge in [-0.1, -0.05) is 20.1 Å². The highest BCUT2D eigenvalue weighted by Gasteiger charge is 2.66. The summed E-state index contributed by atoms with van der Waals surface area (Å²) in [5, 5.41) is 31.2. The Bertz CT molecular complexity index is 1390. The Labute approximate surface area is 306 Å². The maximum atomic E-state index is 14.0. The standard InChI is InChI=1S/C40H58O12/c1-18-9-23-5-7-28-20(3)35-26(37(35)50-28)15-40-16-27(44)38(52-40)33-14-34(51-40)39-29(48-33)8-6-24(47-39)10-21(42)11-25-31(13-30(46-23)19(18)2)49-32(36(25)45-4)12-22(43)17-41/h18,22-39,41,43-44H,2-3,5-17H2,1,4H3/t18-,22+,23?,24-,25?,26?,27-,28?,29+,30?,31+,32-,33-,34-,35?,36-,37+,38+,39+,40-/m1/s1. The fraction of sp³-hybridized carbons (Fsp3) is 0.875. The second kappa shape index (κ2) is 14.0. The van der Waals surface area contributed by atoms with Gasteiger partial charge in [0.2, 0.25) is 0 Å². The van der Waals surface area contributed by atoms with Gasteiger partial charge in [0.1, 0.15) is 18.0 Å². The lowest BCUT2D eigenvalue weighted by atomic mass is 9.81. The predicted octanol–water partition coefficient (Wildman–Crippen LogP) is 2.92. The highest BCUT2D eigenvalue weighted by Crippen LogP contribution is 2.60. The van der Waals surface area contributed by atoms with Gasteiger partial charge in [-0.15, -0.1) is 0 Å². The highest BCUT2D eigenvalue weighted by atomic mass is 16.7. The van der Waals surface area contributed by atoms with Crippen molar-refractivity contribution in [2.24, 2.45) is 23.7 Å². The molecule has 0 aromatic carbocycles. The second-order valence-corrected chi connectivity index (χ2v) is 17.6. The molecule has 52 heavy (non-hydrogen) atoms. The van der Waals surface area contributed by atoms with Gasteiger partial charge in [-0.25, -0.2) is 0 Å². The Hall–Kier alpha value is -1.29. The van der Waals surface area contributed by atoms with Crippen LogP contribution in [0.15, 0.2) is 24.3 Å². The Morgan fingerprint density at radius 3 is 2.40 bits per heavy atom. The van der Waals surface area contributed by atoms with Crippen LogP contribution in [-0.2, 0) is 42.7 Å². The summed E-state index contributed by atoms with van der Waals surface area (Å²) in [6.07, 6.45) is 1.81. The summed E-state index contributed by atoms with van der Waals surface area (Å²) in [6, 6.07) is 0. The fourth-order valence-electron chi connectivity index (χ4n) is 11.5. The van der Waals surface area contributed by atoms with Crippen molar-refractivity contribution in [2.45, 2.75) is 181 Å². The minimum atomic E-state index is -0.955. The van der Waals surface area contributed by atoms with Crippen LogP contribution < -0.4 is 0 Å². The number of hydrogen-bond acceptors (Lipinski definition) is 12. The molecule has 0 radical (unpaired) electrons. The lowest BCUT2D eigenvalue weighted by Crippen LogP contribution is -2.58. The number of carbonyl (C=O) groups excluding carboxylic acids is 1. The van der Waals surface area contributed by atoms with Crippen molar-refractivity contribution in [3.8, 4) is 0 Å². The van der Waals surface area contributed by atoms with Crippen molar-refractivity contribution in [2.75, 3.05) is 13.7 Å². The molecule has 20 atom stereocenters. The first-order valence-corrected chi connectivity index (χ1v) is 20.0. The maximum Gasteiger partial charge on any atom is 0.172 e. The van der Waals surface area contributed by atoms with Crippen LogP contribution >= 0.6 is 0 Å². The zero-order valence-corrected chi connectivity index (χ0v) is 30.6. The normalized spacial score (nSPS) is 53.6. The predicted molar refractivity (Wildman–Crippen MR) is 184 cm³/mol. The Morgan fingerprint density at radius 1 is 0.808 bits per heavy atom. The van der Waals surface area contributed by atoms with Gasteiger partial charge in [-0.2, -0.15) is 0 Å². The summed E-state index contributed by atoms with van der Waals surface area (Å²) in [5.41, 5.74) is 2.17. The lowest BCUT2D eigenvalue weighted by molar-refractivity contribution is -0.278. The van der Waals surface area contributed by atoms with Gasteiger partial charge in [-0.05, 0) is 55.1 Å². The van der Waals surface area contributed by atoms with Gasteiger partial charge in [0.05, 0.1) is 86.0 Å². The molecule has 0 amide bonds. The molecule has 3 N–H and O–H groups in total. The van der Waals surface area contributed by atoms with E-state index in [0.29, 0.717) is 32.1 Å². The van der Waals surface area contributed by atoms with Crippen LogP contribution in [0.25, 0.3) is 0 Å². The van der Waals surface area contributed by atoms with Gasteiger partial charge in [0.15, 0.2) is 5.79 Å². The first-order chi connectivity index (χ1) is 25.0. The number of aliphatic hydroxyl groups is 3. The molecule has 1 saturated carbocycles. The highest BCUT2D eigenvalue weighted by molar-refractivity contribution is 5.79. The first-order valence-electron chi connectivity index (χ1n) is 20.0. The van der Waals surface area contributed by atoms with Gasteiger partial charge >= 0.3 is 0 Å². The monoisotopic (exact) mass is 730 g/mol. The van der Waals surface area contributed by atoms with Crippen LogP contribution in [0.3, 0.4) is 0 Å². The first kappa shape index (κ1) is 36.4. The molecule has 10 fully saturated rings. The van der Waals surface area contributed by atoms with E-state index in [9.17, 15) is 20.1 Å². The van der Waals surface area contributed by atoms with Crippen molar-refractivity contribution in [1.29, 1.82) is 0 Å². The van der Waals surface area contributed by atoms with Crippen molar-refractivity contribution < 1.29 is 58.0 Å². The van der Waals surface area contributed by atoms with E-state index in [-0.39, 0.29) is 116 Å². The summed E-state index contributed by atoms with van der Waals surface area (Å²) in [7, 11) is 1.62. The van der Waals surface area contributed by atoms with Gasteiger partial charge in [0, 0.05) is 63.9 Å². The number of methoxy groups -OCH3 is 1. The molecule has 12 nitrogen and oxygen atoms in total. The molecule has 9 aliphatic heterocycles. The summed E-state index contributed by atoms with van der Waals surface area (Å²) in [6.45, 7) is 10.8. The van der Waals surface area contributed by atoms with E-state index in [1.807, 2.05) is 0 Å². The summed E-state index contributed by atoms with van der Waals surface area (Å²) in [4.78, 5) is 14.0. The maximum absolute atomic E-state index is 14.0. The number of hydrogen-bond donors (Lipinski definition) is 3. The van der Waals surface area contributed by atoms with E-state index < -0.39 is 36.3 Å². The molecule has 10 aliphatic rings. The van der Waals surface area contributed by atoms with Gasteiger partial charge in [0.25, 0.3) is 0 Å². The molecule has 1 spiro atoms. The molecule has 0 aromatic rings. The van der Waals surface area contributed by atoms with Crippen molar-refractivity contribution in [3.63, 3.8) is 0 Å². The van der Waals surface area contributed by atoms with Gasteiger partial charge < -0.3 is 53.2 Å². The summed E-state index contributed by atoms with van der Waals surface area (Å²) < 4.78 is 52.9. The minimum absolute atomic E-state index is 0.0181. The molecule has 9 saturated heterocycles. The number of carbonyl (C=O) groups is 1. The fourth-order valence-corrected chi connectivity index (χ4v) is 11.5. The average molecular weight is 731 g/mol. The smallest absolute Gasteiger partial charge is 0.172 e. The van der Waals surface area contributed by atoms with Crippen molar-refractivity contribution in [1.82, 2.24) is 0 Å². The number of fused-ring (bicyclic) bond motifs is 6. The molecule has 9 heterocycles. The molecule has 10 rings (SSSR count). The zero-order valence-electron chi connectivity index (χ0n) is 30.6. The summed E-state index contributed by atoms with van der Waals surface area (Å²) >= 11 is 0. The third kappa shape index (κ3) is 6.49. The quantitative estimate of drug-likeness (QED) is 0.365. The number of ketones is 1. The molecular formula is C40H58O12. The van der Waals surface area contributed by atoms with Gasteiger partial charge in [-0.3, -0.25) is 4.79 Å². The van der Waals surface area contributed by atoms with E-state index in [2.05, 4.69) is 20.1 Å². The van der Waals surface area contributed by atoms with Crippen LogP contribution in [0.1, 0.15) is 84.0 Å². The number of rotatable bonds is 4. The zero-order chi connectivity index (χ0) is 36.1. The van der Waals surface area contributed by atoms with E-state index in [1.54, 1.807) is 7.11 Å². The second-order valence-electron chi connectivity index (χ2n) is 17.6. The number of aliphatic hydroxyl groups excluding tert-OH is 3. The molecule has 6 unspecified atom stereocenters. The van der Waals surface area contributed by atoms with E-state index in [1.165, 1.54) is 0 Å². The summed E-state index contributed by atoms with van der Waals surface area (Å²) in [5.74, 6) is -0.429. The molecule has 1 aliphatic carbocycles. The molecule has 0 aromatic heterocycles. The minimum Gasteiger partial charge on any atom is -0.394 e. The SMILES string of the molecule is C=C1C2CCC3C[C@@H](C)C(=C)C(C[C@@H]4O[C@H](C[C@H](O)CO)[C@H](OC)C4CC(=O)C[C@H]4CC[C@@H]5O[C@@H]6C[C@@H](O[C@@]7(CC8C1[C@H]8O2)C[C@@H](O)[C@@H]6O7)[C@H]5O4)O3. The number of ether oxygens (including phenoxy) is 8. The van der Waals surface area contributed by atoms with E-state index in [4.69, 9.17) is 37.9 Å². The van der Waals surface area contributed by atoms with E-state index >= 15 is 0 Å². The lowest BCUT2D eigenvalue weighted by Gasteiger charge is -2.47. The van der Waals surface area contributed by atoms with Crippen LogP contribution in [0.2, 0.25) is 0 Å².